The first kappa shape index (κ1) is 25.5. The number of carbonyl (C=O) groups excluding carboxylic acids is 1. The highest BCUT2D eigenvalue weighted by Gasteiger charge is 2.32. The largest absolute Gasteiger partial charge is 0.394 e. The molecule has 2 N–H and O–H groups in total. The van der Waals surface area contributed by atoms with Gasteiger partial charge in [-0.2, -0.15) is 0 Å². The summed E-state index contributed by atoms with van der Waals surface area (Å²) in [5, 5.41) is 9.78. The van der Waals surface area contributed by atoms with Gasteiger partial charge in [-0.05, 0) is 55.0 Å². The minimum absolute atomic E-state index is 0.0140. The molecule has 188 valence electrons. The zero-order valence-electron chi connectivity index (χ0n) is 19.4. The summed E-state index contributed by atoms with van der Waals surface area (Å²) in [6, 6.07) is 14.0. The molecule has 0 radical (unpaired) electrons. The van der Waals surface area contributed by atoms with Crippen LogP contribution in [0, 0.1) is 11.7 Å². The summed E-state index contributed by atoms with van der Waals surface area (Å²) in [6.07, 6.45) is 4.93. The van der Waals surface area contributed by atoms with Gasteiger partial charge in [-0.15, -0.1) is 0 Å². The number of halogens is 1. The van der Waals surface area contributed by atoms with E-state index in [0.29, 0.717) is 19.0 Å². The highest BCUT2D eigenvalue weighted by atomic mass is 32.2. The lowest BCUT2D eigenvalue weighted by molar-refractivity contribution is -0.136. The Bertz CT molecular complexity index is 1120. The third kappa shape index (κ3) is 6.76. The minimum atomic E-state index is -3.94. The molecule has 0 unspecified atom stereocenters. The van der Waals surface area contributed by atoms with Crippen molar-refractivity contribution in [1.29, 1.82) is 0 Å². The number of likely N-dealkylation sites (tertiary alicyclic amines) is 1. The van der Waals surface area contributed by atoms with Crippen molar-refractivity contribution in [2.24, 2.45) is 5.92 Å². The van der Waals surface area contributed by atoms with Crippen LogP contribution in [0.3, 0.4) is 0 Å². The van der Waals surface area contributed by atoms with Crippen molar-refractivity contribution >= 4 is 15.9 Å². The van der Waals surface area contributed by atoms with Crippen LogP contribution in [-0.4, -0.2) is 62.3 Å². The monoisotopic (exact) mass is 502 g/mol. The molecule has 9 heteroatoms. The number of piperidine rings is 1. The van der Waals surface area contributed by atoms with Crippen molar-refractivity contribution in [3.63, 3.8) is 0 Å². The van der Waals surface area contributed by atoms with E-state index in [4.69, 9.17) is 4.74 Å². The summed E-state index contributed by atoms with van der Waals surface area (Å²) in [5.41, 5.74) is 1.32. The summed E-state index contributed by atoms with van der Waals surface area (Å²) < 4.78 is 46.7. The second-order valence-corrected chi connectivity index (χ2v) is 10.8. The lowest BCUT2D eigenvalue weighted by Gasteiger charge is -2.35. The number of sulfonamides is 1. The lowest BCUT2D eigenvalue weighted by atomic mass is 9.90. The molecule has 1 amide bonds. The number of ether oxygens (including phenoxy) is 1. The fourth-order valence-electron chi connectivity index (χ4n) is 4.61. The Morgan fingerprint density at radius 1 is 1.06 bits per heavy atom. The fraction of sp³-hybridized carbons (Fsp3) is 0.423. The van der Waals surface area contributed by atoms with Crippen molar-refractivity contribution in [1.82, 2.24) is 9.62 Å². The number of aliphatic hydroxyl groups excluding tert-OH is 1. The minimum Gasteiger partial charge on any atom is -0.394 e. The van der Waals surface area contributed by atoms with Gasteiger partial charge in [0, 0.05) is 13.1 Å². The molecule has 2 aliphatic heterocycles. The third-order valence-electron chi connectivity index (χ3n) is 6.59. The van der Waals surface area contributed by atoms with Gasteiger partial charge in [0.25, 0.3) is 0 Å². The van der Waals surface area contributed by atoms with Crippen molar-refractivity contribution < 1.29 is 27.4 Å². The maximum Gasteiger partial charge on any atom is 0.241 e. The maximum atomic E-state index is 13.1. The molecule has 2 aromatic rings. The fourth-order valence-corrected chi connectivity index (χ4v) is 5.83. The van der Waals surface area contributed by atoms with E-state index in [9.17, 15) is 22.7 Å². The molecule has 35 heavy (non-hydrogen) atoms. The molecule has 0 spiro atoms. The van der Waals surface area contributed by atoms with Gasteiger partial charge in [0.2, 0.25) is 15.9 Å². The molecule has 0 bridgehead atoms. The molecule has 3 atom stereocenters. The van der Waals surface area contributed by atoms with Gasteiger partial charge < -0.3 is 14.7 Å². The van der Waals surface area contributed by atoms with Crippen LogP contribution in [0.15, 0.2) is 71.6 Å². The van der Waals surface area contributed by atoms with Gasteiger partial charge in [-0.25, -0.2) is 17.5 Å². The Morgan fingerprint density at radius 2 is 1.74 bits per heavy atom. The molecule has 1 saturated heterocycles. The Balaban J connectivity index is 1.29. The van der Waals surface area contributed by atoms with Crippen LogP contribution in [0.25, 0.3) is 0 Å². The molecule has 0 aromatic heterocycles. The molecular weight excluding hydrogens is 471 g/mol. The Morgan fingerprint density at radius 3 is 2.40 bits per heavy atom. The summed E-state index contributed by atoms with van der Waals surface area (Å²) in [5.74, 6) is 0.00629. The number of carbonyl (C=O) groups is 1. The number of amides is 1. The topological polar surface area (TPSA) is 95.9 Å². The maximum absolute atomic E-state index is 13.1. The van der Waals surface area contributed by atoms with Gasteiger partial charge >= 0.3 is 0 Å². The number of nitrogens with one attached hydrogen (secondary N) is 1. The SMILES string of the molecule is O=C(C[C@H]1C=C[C@@H](NS(=O)(=O)c2ccc(F)cc2)[C@@H](CO)O1)N1CCC(Cc2ccccc2)CC1. The van der Waals surface area contributed by atoms with E-state index in [1.54, 1.807) is 12.2 Å². The zero-order chi connectivity index (χ0) is 24.8. The average Bonchev–Trinajstić information content (AvgIpc) is 2.86. The van der Waals surface area contributed by atoms with Crippen LogP contribution >= 0.6 is 0 Å². The predicted octanol–water partition coefficient (Wildman–Crippen LogP) is 2.66. The predicted molar refractivity (Wildman–Crippen MR) is 129 cm³/mol. The first-order chi connectivity index (χ1) is 16.8. The molecule has 0 saturated carbocycles. The number of hydrogen-bond acceptors (Lipinski definition) is 5. The van der Waals surface area contributed by atoms with E-state index in [1.165, 1.54) is 17.7 Å². The lowest BCUT2D eigenvalue weighted by Crippen LogP contribution is -2.49. The van der Waals surface area contributed by atoms with Crippen LogP contribution in [0.1, 0.15) is 24.8 Å². The third-order valence-corrected chi connectivity index (χ3v) is 8.06. The van der Waals surface area contributed by atoms with Crippen LogP contribution in [-0.2, 0) is 26.0 Å². The highest BCUT2D eigenvalue weighted by molar-refractivity contribution is 7.89. The van der Waals surface area contributed by atoms with E-state index >= 15 is 0 Å². The highest BCUT2D eigenvalue weighted by Crippen LogP contribution is 2.24. The van der Waals surface area contributed by atoms with Crippen molar-refractivity contribution in [3.8, 4) is 0 Å². The normalized spacial score (nSPS) is 23.4. The second-order valence-electron chi connectivity index (χ2n) is 9.10. The average molecular weight is 503 g/mol. The number of benzene rings is 2. The summed E-state index contributed by atoms with van der Waals surface area (Å²) in [4.78, 5) is 14.6. The van der Waals surface area contributed by atoms with Crippen molar-refractivity contribution in [2.75, 3.05) is 19.7 Å². The first-order valence-corrected chi connectivity index (χ1v) is 13.4. The van der Waals surface area contributed by atoms with E-state index in [2.05, 4.69) is 16.9 Å². The Labute approximate surface area is 205 Å². The van der Waals surface area contributed by atoms with E-state index in [0.717, 1.165) is 31.4 Å². The van der Waals surface area contributed by atoms with Gasteiger partial charge in [0.1, 0.15) is 11.9 Å². The van der Waals surface area contributed by atoms with E-state index in [1.807, 2.05) is 23.1 Å². The summed E-state index contributed by atoms with van der Waals surface area (Å²) in [7, 11) is -3.94. The molecule has 1 fully saturated rings. The molecule has 2 aliphatic rings. The number of hydrogen-bond donors (Lipinski definition) is 2. The van der Waals surface area contributed by atoms with Crippen LogP contribution in [0.5, 0.6) is 0 Å². The van der Waals surface area contributed by atoms with E-state index < -0.39 is 40.7 Å². The molecule has 7 nitrogen and oxygen atoms in total. The zero-order valence-corrected chi connectivity index (χ0v) is 20.2. The van der Waals surface area contributed by atoms with Gasteiger partial charge in [0.15, 0.2) is 0 Å². The van der Waals surface area contributed by atoms with Gasteiger partial charge in [-0.3, -0.25) is 4.79 Å². The Hall–Kier alpha value is -2.59. The van der Waals surface area contributed by atoms with Crippen LogP contribution < -0.4 is 4.72 Å². The van der Waals surface area contributed by atoms with Crippen LogP contribution in [0.4, 0.5) is 4.39 Å². The first-order valence-electron chi connectivity index (χ1n) is 11.9. The standard InChI is InChI=1S/C26H31FN2O5S/c27-21-6-9-23(10-7-21)35(32,33)28-24-11-8-22(34-25(24)18-30)17-26(31)29-14-12-20(13-15-29)16-19-4-2-1-3-5-19/h1-11,20,22,24-25,28,30H,12-18H2/t22-,24-,25-/m1/s1. The second kappa shape index (κ2) is 11.4. The molecular formula is C26H31FN2O5S. The van der Waals surface area contributed by atoms with Crippen LogP contribution in [0.2, 0.25) is 0 Å². The molecule has 4 rings (SSSR count). The van der Waals surface area contributed by atoms with Gasteiger partial charge in [-0.1, -0.05) is 42.5 Å². The van der Waals surface area contributed by atoms with Crippen molar-refractivity contribution in [2.45, 2.75) is 48.8 Å². The summed E-state index contributed by atoms with van der Waals surface area (Å²) >= 11 is 0. The quantitative estimate of drug-likeness (QED) is 0.541. The Kier molecular flexibility index (Phi) is 8.33. The van der Waals surface area contributed by atoms with Gasteiger partial charge in [0.05, 0.1) is 30.1 Å². The summed E-state index contributed by atoms with van der Waals surface area (Å²) in [6.45, 7) is 0.989. The molecule has 0 aliphatic carbocycles. The van der Waals surface area contributed by atoms with Crippen molar-refractivity contribution in [3.05, 3.63) is 78.1 Å². The smallest absolute Gasteiger partial charge is 0.241 e. The number of nitrogens with zero attached hydrogens (tertiary/aromatic N) is 1. The van der Waals surface area contributed by atoms with E-state index in [-0.39, 0.29) is 17.2 Å². The molecule has 2 heterocycles. The molecule has 2 aromatic carbocycles. The number of rotatable bonds is 8. The number of aliphatic hydroxyl groups is 1.